The molecule has 1 aliphatic carbocycles. The number of rotatable bonds is 7. The average Bonchev–Trinajstić information content (AvgIpc) is 2.48. The van der Waals surface area contributed by atoms with E-state index in [1.807, 2.05) is 24.3 Å². The summed E-state index contributed by atoms with van der Waals surface area (Å²) in [5, 5.41) is 13.2. The van der Waals surface area contributed by atoms with Crippen LogP contribution in [0.3, 0.4) is 0 Å². The lowest BCUT2D eigenvalue weighted by molar-refractivity contribution is -0.137. The van der Waals surface area contributed by atoms with Crippen LogP contribution in [0.1, 0.15) is 51.2 Å². The Morgan fingerprint density at radius 2 is 1.95 bits per heavy atom. The fourth-order valence-corrected chi connectivity index (χ4v) is 3.23. The molecule has 1 fully saturated rings. The van der Waals surface area contributed by atoms with Gasteiger partial charge < -0.3 is 15.2 Å². The number of methoxy groups -OCH3 is 1. The summed E-state index contributed by atoms with van der Waals surface area (Å²) in [6, 6.07) is 7.27. The molecule has 1 unspecified atom stereocenters. The summed E-state index contributed by atoms with van der Waals surface area (Å²) in [5.41, 5.74) is 0.584. The van der Waals surface area contributed by atoms with Gasteiger partial charge in [0.15, 0.2) is 0 Å². The number of nitrogens with one attached hydrogen (secondary N) is 1. The van der Waals surface area contributed by atoms with Gasteiger partial charge in [0.1, 0.15) is 5.75 Å². The predicted molar refractivity (Wildman–Crippen MR) is 86.7 cm³/mol. The Hall–Kier alpha value is -1.55. The molecule has 1 amide bonds. The lowest BCUT2D eigenvalue weighted by Crippen LogP contribution is -2.47. The summed E-state index contributed by atoms with van der Waals surface area (Å²) < 4.78 is 5.10. The molecule has 122 valence electrons. The second-order valence-corrected chi connectivity index (χ2v) is 6.73. The molecule has 2 N–H and O–H groups in total. The highest BCUT2D eigenvalue weighted by molar-refractivity contribution is 5.83. The third kappa shape index (κ3) is 3.80. The summed E-state index contributed by atoms with van der Waals surface area (Å²) in [6.45, 7) is 4.56. The second kappa shape index (κ2) is 7.14. The number of carbonyl (C=O) groups is 1. The molecule has 4 nitrogen and oxygen atoms in total. The zero-order valence-corrected chi connectivity index (χ0v) is 13.8. The van der Waals surface area contributed by atoms with Crippen LogP contribution < -0.4 is 10.1 Å². The Morgan fingerprint density at radius 3 is 2.41 bits per heavy atom. The quantitative estimate of drug-likeness (QED) is 0.814. The highest BCUT2D eigenvalue weighted by Gasteiger charge is 2.44. The van der Waals surface area contributed by atoms with Gasteiger partial charge >= 0.3 is 0 Å². The molecule has 1 aliphatic rings. The molecule has 4 heteroatoms. The molecule has 1 aromatic carbocycles. The SMILES string of the molecule is COc1ccc(C(O)CNC(=O)C2(CC(C)C)CCC2)cc1. The maximum atomic E-state index is 12.5. The van der Waals surface area contributed by atoms with E-state index >= 15 is 0 Å². The van der Waals surface area contributed by atoms with Crippen molar-refractivity contribution < 1.29 is 14.6 Å². The van der Waals surface area contributed by atoms with Crippen LogP contribution in [0, 0.1) is 11.3 Å². The van der Waals surface area contributed by atoms with E-state index in [2.05, 4.69) is 19.2 Å². The smallest absolute Gasteiger partial charge is 0.226 e. The van der Waals surface area contributed by atoms with Crippen molar-refractivity contribution in [1.82, 2.24) is 5.32 Å². The number of aliphatic hydroxyl groups excluding tert-OH is 1. The lowest BCUT2D eigenvalue weighted by Gasteiger charge is -2.41. The van der Waals surface area contributed by atoms with Crippen molar-refractivity contribution >= 4 is 5.91 Å². The fraction of sp³-hybridized carbons (Fsp3) is 0.611. The maximum Gasteiger partial charge on any atom is 0.226 e. The molecule has 1 aromatic rings. The summed E-state index contributed by atoms with van der Waals surface area (Å²) >= 11 is 0. The van der Waals surface area contributed by atoms with Crippen LogP contribution in [0.2, 0.25) is 0 Å². The first kappa shape index (κ1) is 16.8. The predicted octanol–water partition coefficient (Wildman–Crippen LogP) is 3.06. The zero-order chi connectivity index (χ0) is 16.2. The first-order valence-electron chi connectivity index (χ1n) is 8.07. The highest BCUT2D eigenvalue weighted by atomic mass is 16.5. The molecule has 0 radical (unpaired) electrons. The second-order valence-electron chi connectivity index (χ2n) is 6.73. The normalized spacial score (nSPS) is 17.7. The Bertz CT molecular complexity index is 492. The average molecular weight is 305 g/mol. The van der Waals surface area contributed by atoms with Gasteiger partial charge in [-0.15, -0.1) is 0 Å². The van der Waals surface area contributed by atoms with E-state index in [0.717, 1.165) is 37.0 Å². The fourth-order valence-electron chi connectivity index (χ4n) is 3.23. The van der Waals surface area contributed by atoms with Crippen LogP contribution >= 0.6 is 0 Å². The van der Waals surface area contributed by atoms with Crippen LogP contribution in [-0.4, -0.2) is 24.7 Å². The van der Waals surface area contributed by atoms with Crippen LogP contribution in [0.4, 0.5) is 0 Å². The van der Waals surface area contributed by atoms with Gasteiger partial charge in [0, 0.05) is 12.0 Å². The van der Waals surface area contributed by atoms with Gasteiger partial charge in [-0.1, -0.05) is 32.4 Å². The van der Waals surface area contributed by atoms with Gasteiger partial charge in [-0.25, -0.2) is 0 Å². The minimum absolute atomic E-state index is 0.0972. The van der Waals surface area contributed by atoms with Gasteiger partial charge in [-0.3, -0.25) is 4.79 Å². The zero-order valence-electron chi connectivity index (χ0n) is 13.8. The van der Waals surface area contributed by atoms with E-state index in [4.69, 9.17) is 4.74 Å². The van der Waals surface area contributed by atoms with Gasteiger partial charge in [0.05, 0.1) is 13.2 Å². The molecule has 22 heavy (non-hydrogen) atoms. The molecule has 1 atom stereocenters. The van der Waals surface area contributed by atoms with Crippen molar-refractivity contribution in [2.45, 2.75) is 45.6 Å². The Labute approximate surface area is 132 Å². The molecule has 0 bridgehead atoms. The van der Waals surface area contributed by atoms with Crippen molar-refractivity contribution in [2.24, 2.45) is 11.3 Å². The molecule has 0 saturated heterocycles. The van der Waals surface area contributed by atoms with E-state index < -0.39 is 6.10 Å². The number of benzene rings is 1. The lowest BCUT2D eigenvalue weighted by atomic mass is 9.64. The van der Waals surface area contributed by atoms with Gasteiger partial charge in [0.25, 0.3) is 0 Å². The summed E-state index contributed by atoms with van der Waals surface area (Å²) in [4.78, 5) is 12.5. The molecule has 0 aromatic heterocycles. The molecule has 1 saturated carbocycles. The van der Waals surface area contributed by atoms with E-state index in [1.165, 1.54) is 0 Å². The standard InChI is InChI=1S/C18H27NO3/c1-13(2)11-18(9-4-10-18)17(21)19-12-16(20)14-5-7-15(22-3)8-6-14/h5-8,13,16,20H,4,9-12H2,1-3H3,(H,19,21). The first-order chi connectivity index (χ1) is 10.5. The number of amides is 1. The topological polar surface area (TPSA) is 58.6 Å². The first-order valence-corrected chi connectivity index (χ1v) is 8.07. The van der Waals surface area contributed by atoms with Crippen LogP contribution in [0.5, 0.6) is 5.75 Å². The number of carbonyl (C=O) groups excluding carboxylic acids is 1. The third-order valence-corrected chi connectivity index (χ3v) is 4.55. The van der Waals surface area contributed by atoms with E-state index in [0.29, 0.717) is 5.92 Å². The maximum absolute atomic E-state index is 12.5. The van der Waals surface area contributed by atoms with E-state index in [9.17, 15) is 9.90 Å². The highest BCUT2D eigenvalue weighted by Crippen LogP contribution is 2.46. The third-order valence-electron chi connectivity index (χ3n) is 4.55. The van der Waals surface area contributed by atoms with E-state index in [1.54, 1.807) is 7.11 Å². The Balaban J connectivity index is 1.89. The molecule has 0 aliphatic heterocycles. The van der Waals surface area contributed by atoms with E-state index in [-0.39, 0.29) is 17.9 Å². The van der Waals surface area contributed by atoms with Gasteiger partial charge in [0.2, 0.25) is 5.91 Å². The minimum Gasteiger partial charge on any atom is -0.497 e. The van der Waals surface area contributed by atoms with Gasteiger partial charge in [-0.05, 0) is 42.9 Å². The number of hydrogen-bond acceptors (Lipinski definition) is 3. The van der Waals surface area contributed by atoms with Crippen molar-refractivity contribution in [1.29, 1.82) is 0 Å². The number of hydrogen-bond donors (Lipinski definition) is 2. The van der Waals surface area contributed by atoms with Crippen LogP contribution in [-0.2, 0) is 4.79 Å². The monoisotopic (exact) mass is 305 g/mol. The molecular weight excluding hydrogens is 278 g/mol. The molecule has 0 spiro atoms. The van der Waals surface area contributed by atoms with Crippen molar-refractivity contribution in [3.05, 3.63) is 29.8 Å². The Kier molecular flexibility index (Phi) is 5.46. The number of aliphatic hydroxyl groups is 1. The molecule has 0 heterocycles. The van der Waals surface area contributed by atoms with Crippen molar-refractivity contribution in [3.8, 4) is 5.75 Å². The summed E-state index contributed by atoms with van der Waals surface area (Å²) in [7, 11) is 1.61. The number of ether oxygens (including phenoxy) is 1. The van der Waals surface area contributed by atoms with Crippen molar-refractivity contribution in [2.75, 3.05) is 13.7 Å². The van der Waals surface area contributed by atoms with Crippen molar-refractivity contribution in [3.63, 3.8) is 0 Å². The largest absolute Gasteiger partial charge is 0.497 e. The van der Waals surface area contributed by atoms with Crippen LogP contribution in [0.15, 0.2) is 24.3 Å². The minimum atomic E-state index is -0.689. The van der Waals surface area contributed by atoms with Crippen LogP contribution in [0.25, 0.3) is 0 Å². The Morgan fingerprint density at radius 1 is 1.32 bits per heavy atom. The van der Waals surface area contributed by atoms with Gasteiger partial charge in [-0.2, -0.15) is 0 Å². The summed E-state index contributed by atoms with van der Waals surface area (Å²) in [6.07, 6.45) is 3.30. The summed E-state index contributed by atoms with van der Waals surface area (Å²) in [5.74, 6) is 1.36. The molecular formula is C18H27NO3. The molecule has 2 rings (SSSR count).